The van der Waals surface area contributed by atoms with E-state index in [0.29, 0.717) is 29.0 Å². The lowest BCUT2D eigenvalue weighted by Gasteiger charge is -2.38. The molecule has 0 saturated heterocycles. The van der Waals surface area contributed by atoms with Crippen LogP contribution in [0, 0.1) is 11.8 Å². The first-order chi connectivity index (χ1) is 17.2. The van der Waals surface area contributed by atoms with Gasteiger partial charge in [0.05, 0.1) is 26.9 Å². The number of hydrogen-bond donors (Lipinski definition) is 2. The fourth-order valence-corrected chi connectivity index (χ4v) is 5.59. The first-order valence-electron chi connectivity index (χ1n) is 12.2. The summed E-state index contributed by atoms with van der Waals surface area (Å²) in [5.74, 6) is -3.61. The van der Waals surface area contributed by atoms with Gasteiger partial charge < -0.3 is 29.4 Å². The van der Waals surface area contributed by atoms with Gasteiger partial charge in [-0.25, -0.2) is 4.79 Å². The summed E-state index contributed by atoms with van der Waals surface area (Å²) in [5.41, 5.74) is 2.31. The summed E-state index contributed by atoms with van der Waals surface area (Å²) >= 11 is 0. The molecule has 0 radical (unpaired) electrons. The van der Waals surface area contributed by atoms with Gasteiger partial charge in [-0.1, -0.05) is 6.92 Å². The molecule has 2 aliphatic carbocycles. The third kappa shape index (κ3) is 4.42. The SMILES string of the molecule is COC(=O)[C@@H]1C(=O)C2=C(C[C@H]1C)NC(C)=C(C(=O)OC1CCCC1)[C@@H]2c1cc(OC)c(O)c(OC)c1. The van der Waals surface area contributed by atoms with Crippen molar-refractivity contribution in [1.82, 2.24) is 5.32 Å². The fourth-order valence-electron chi connectivity index (χ4n) is 5.59. The molecule has 36 heavy (non-hydrogen) atoms. The smallest absolute Gasteiger partial charge is 0.337 e. The quantitative estimate of drug-likeness (QED) is 0.447. The predicted octanol–water partition coefficient (Wildman–Crippen LogP) is 3.51. The second-order valence-electron chi connectivity index (χ2n) is 9.62. The lowest BCUT2D eigenvalue weighted by Crippen LogP contribution is -2.43. The number of Topliss-reactive ketones (excluding diaryl/α,β-unsaturated/α-hetero) is 1. The van der Waals surface area contributed by atoms with Gasteiger partial charge in [-0.05, 0) is 62.6 Å². The van der Waals surface area contributed by atoms with Crippen LogP contribution in [0.3, 0.4) is 0 Å². The van der Waals surface area contributed by atoms with E-state index in [9.17, 15) is 19.5 Å². The van der Waals surface area contributed by atoms with E-state index >= 15 is 0 Å². The van der Waals surface area contributed by atoms with Crippen molar-refractivity contribution >= 4 is 17.7 Å². The molecule has 1 fully saturated rings. The summed E-state index contributed by atoms with van der Waals surface area (Å²) in [6, 6.07) is 3.15. The maximum Gasteiger partial charge on any atom is 0.337 e. The molecule has 3 atom stereocenters. The minimum absolute atomic E-state index is 0.132. The Morgan fingerprint density at radius 1 is 1.06 bits per heavy atom. The molecule has 0 spiro atoms. The van der Waals surface area contributed by atoms with E-state index in [4.69, 9.17) is 18.9 Å². The molecular weight excluding hydrogens is 466 g/mol. The van der Waals surface area contributed by atoms with Crippen molar-refractivity contribution in [2.45, 2.75) is 58.0 Å². The predicted molar refractivity (Wildman–Crippen MR) is 129 cm³/mol. The number of dihydropyridines is 1. The molecule has 1 saturated carbocycles. The Hall–Kier alpha value is -3.49. The number of ketones is 1. The summed E-state index contributed by atoms with van der Waals surface area (Å²) in [5, 5.41) is 13.7. The zero-order chi connectivity index (χ0) is 26.1. The molecule has 4 rings (SSSR count). The van der Waals surface area contributed by atoms with E-state index in [0.717, 1.165) is 25.7 Å². The van der Waals surface area contributed by atoms with Crippen molar-refractivity contribution in [3.05, 3.63) is 40.2 Å². The highest BCUT2D eigenvalue weighted by atomic mass is 16.5. The third-order valence-electron chi connectivity index (χ3n) is 7.37. The van der Waals surface area contributed by atoms with Gasteiger partial charge in [0, 0.05) is 22.9 Å². The van der Waals surface area contributed by atoms with Gasteiger partial charge in [-0.2, -0.15) is 0 Å². The number of nitrogens with one attached hydrogen (secondary N) is 1. The highest BCUT2D eigenvalue weighted by molar-refractivity contribution is 6.12. The summed E-state index contributed by atoms with van der Waals surface area (Å²) in [4.78, 5) is 40.0. The van der Waals surface area contributed by atoms with E-state index < -0.39 is 29.6 Å². The number of carbonyl (C=O) groups excluding carboxylic acids is 3. The molecule has 1 aromatic carbocycles. The number of phenolic OH excluding ortho intramolecular Hbond substituents is 1. The highest BCUT2D eigenvalue weighted by Gasteiger charge is 2.47. The zero-order valence-corrected chi connectivity index (χ0v) is 21.3. The summed E-state index contributed by atoms with van der Waals surface area (Å²) < 4.78 is 21.5. The number of ether oxygens (including phenoxy) is 4. The maximum absolute atomic E-state index is 13.9. The Balaban J connectivity index is 1.89. The second-order valence-corrected chi connectivity index (χ2v) is 9.62. The minimum Gasteiger partial charge on any atom is -0.502 e. The molecule has 1 aromatic rings. The van der Waals surface area contributed by atoms with E-state index in [1.807, 2.05) is 6.92 Å². The van der Waals surface area contributed by atoms with Crippen LogP contribution in [0.1, 0.15) is 57.4 Å². The second kappa shape index (κ2) is 10.2. The van der Waals surface area contributed by atoms with Crippen LogP contribution >= 0.6 is 0 Å². The number of methoxy groups -OCH3 is 3. The average Bonchev–Trinajstić information content (AvgIpc) is 3.36. The molecule has 9 heteroatoms. The van der Waals surface area contributed by atoms with E-state index in [-0.39, 0.29) is 34.8 Å². The van der Waals surface area contributed by atoms with Gasteiger partial charge in [0.25, 0.3) is 0 Å². The average molecular weight is 500 g/mol. The Kier molecular flexibility index (Phi) is 7.28. The van der Waals surface area contributed by atoms with Gasteiger partial charge in [0.1, 0.15) is 12.0 Å². The maximum atomic E-state index is 13.9. The van der Waals surface area contributed by atoms with Crippen molar-refractivity contribution in [3.63, 3.8) is 0 Å². The van der Waals surface area contributed by atoms with Crippen LogP contribution in [0.15, 0.2) is 34.7 Å². The van der Waals surface area contributed by atoms with E-state index in [1.54, 1.807) is 19.1 Å². The molecule has 9 nitrogen and oxygen atoms in total. The van der Waals surface area contributed by atoms with Crippen LogP contribution in [0.2, 0.25) is 0 Å². The van der Waals surface area contributed by atoms with Crippen LogP contribution in [-0.2, 0) is 23.9 Å². The normalized spacial score (nSPS) is 24.2. The fraction of sp³-hybridized carbons (Fsp3) is 0.519. The standard InChI is InChI=1S/C27H33NO8/c1-13-10-17-23(25(30)20(13)26(31)35-5)22(15-11-18(33-3)24(29)19(12-15)34-4)21(14(2)28-17)27(32)36-16-8-6-7-9-16/h11-13,16,20,22,28-29H,6-10H2,1-5H3/t13-,20+,22+/m1/s1. The number of allylic oxidation sites excluding steroid dienone is 3. The summed E-state index contributed by atoms with van der Waals surface area (Å²) in [7, 11) is 4.07. The number of benzene rings is 1. The molecule has 2 N–H and O–H groups in total. The molecule has 0 bridgehead atoms. The first kappa shape index (κ1) is 25.6. The Morgan fingerprint density at radius 2 is 1.67 bits per heavy atom. The topological polar surface area (TPSA) is 120 Å². The first-order valence-corrected chi connectivity index (χ1v) is 12.2. The lowest BCUT2D eigenvalue weighted by molar-refractivity contribution is -0.151. The van der Waals surface area contributed by atoms with Crippen molar-refractivity contribution in [2.75, 3.05) is 21.3 Å². The molecule has 3 aliphatic rings. The van der Waals surface area contributed by atoms with Crippen molar-refractivity contribution < 1.29 is 38.4 Å². The number of carbonyl (C=O) groups is 3. The number of esters is 2. The minimum atomic E-state index is -0.996. The molecule has 1 aliphatic heterocycles. The van der Waals surface area contributed by atoms with Crippen LogP contribution in [0.5, 0.6) is 17.2 Å². The number of aromatic hydroxyl groups is 1. The number of phenols is 1. The number of rotatable bonds is 6. The van der Waals surface area contributed by atoms with Crippen LogP contribution in [0.4, 0.5) is 0 Å². The summed E-state index contributed by atoms with van der Waals surface area (Å²) in [6.07, 6.45) is 3.83. The molecule has 1 heterocycles. The van der Waals surface area contributed by atoms with E-state index in [2.05, 4.69) is 5.32 Å². The van der Waals surface area contributed by atoms with Crippen LogP contribution in [-0.4, -0.2) is 50.3 Å². The van der Waals surface area contributed by atoms with Gasteiger partial charge in [-0.3, -0.25) is 9.59 Å². The van der Waals surface area contributed by atoms with Crippen molar-refractivity contribution in [1.29, 1.82) is 0 Å². The van der Waals surface area contributed by atoms with Crippen LogP contribution < -0.4 is 14.8 Å². The Labute approximate surface area is 210 Å². The molecule has 0 unspecified atom stereocenters. The van der Waals surface area contributed by atoms with Gasteiger partial charge in [0.2, 0.25) is 5.75 Å². The molecule has 0 aromatic heterocycles. The molecule has 0 amide bonds. The lowest BCUT2D eigenvalue weighted by atomic mass is 9.69. The van der Waals surface area contributed by atoms with Gasteiger partial charge in [-0.15, -0.1) is 0 Å². The van der Waals surface area contributed by atoms with Gasteiger partial charge in [0.15, 0.2) is 17.3 Å². The largest absolute Gasteiger partial charge is 0.502 e. The molecule has 194 valence electrons. The molecular formula is C27H33NO8. The Bertz CT molecular complexity index is 1120. The highest BCUT2D eigenvalue weighted by Crippen LogP contribution is 2.49. The Morgan fingerprint density at radius 3 is 2.22 bits per heavy atom. The third-order valence-corrected chi connectivity index (χ3v) is 7.37. The van der Waals surface area contributed by atoms with Crippen LogP contribution in [0.25, 0.3) is 0 Å². The number of hydrogen-bond acceptors (Lipinski definition) is 9. The summed E-state index contributed by atoms with van der Waals surface area (Å²) in [6.45, 7) is 3.61. The zero-order valence-electron chi connectivity index (χ0n) is 21.3. The van der Waals surface area contributed by atoms with Crippen molar-refractivity contribution in [2.24, 2.45) is 11.8 Å². The monoisotopic (exact) mass is 499 g/mol. The van der Waals surface area contributed by atoms with Gasteiger partial charge >= 0.3 is 11.9 Å². The van der Waals surface area contributed by atoms with E-state index in [1.165, 1.54) is 21.3 Å². The van der Waals surface area contributed by atoms with Crippen molar-refractivity contribution in [3.8, 4) is 17.2 Å².